The minimum absolute atomic E-state index is 0.426. The molecular weight excluding hydrogens is 160 g/mol. The van der Waals surface area contributed by atoms with Gasteiger partial charge >= 0.3 is 12.5 Å². The van der Waals surface area contributed by atoms with E-state index in [1.165, 1.54) is 7.11 Å². The van der Waals surface area contributed by atoms with Crippen LogP contribution in [0.2, 0.25) is 0 Å². The highest BCUT2D eigenvalue weighted by atomic mass is 16.5. The van der Waals surface area contributed by atoms with Crippen molar-refractivity contribution in [3.8, 4) is 0 Å². The number of hydrogen-bond donors (Lipinski definition) is 2. The monoisotopic (exact) mass is 173 g/mol. The molecule has 5 nitrogen and oxygen atoms in total. The van der Waals surface area contributed by atoms with Gasteiger partial charge in [0.25, 0.3) is 0 Å². The zero-order valence-corrected chi connectivity index (χ0v) is 7.05. The van der Waals surface area contributed by atoms with Gasteiger partial charge in [0.2, 0.25) is 0 Å². The number of ether oxygens (including phenoxy) is 1. The average Bonchev–Trinajstić information content (AvgIpc) is 2.10. The molecule has 2 amide bonds. The molecule has 0 saturated heterocycles. The molecule has 0 aliphatic rings. The topological polar surface area (TPSA) is 67.4 Å². The van der Waals surface area contributed by atoms with Crippen molar-refractivity contribution in [2.24, 2.45) is 0 Å². The van der Waals surface area contributed by atoms with Crippen molar-refractivity contribution in [1.29, 1.82) is 0 Å². The summed E-state index contributed by atoms with van der Waals surface area (Å²) in [6.45, 7) is 1.15. The molecule has 0 rings (SSSR count). The van der Waals surface area contributed by atoms with Gasteiger partial charge < -0.3 is 15.4 Å². The maximum absolute atomic E-state index is 10.5. The molecule has 0 aromatic rings. The van der Waals surface area contributed by atoms with Crippen LogP contribution in [0.4, 0.5) is 4.79 Å². The van der Waals surface area contributed by atoms with E-state index >= 15 is 0 Å². The van der Waals surface area contributed by atoms with Crippen LogP contribution in [0, 0.1) is 0 Å². The van der Waals surface area contributed by atoms with Gasteiger partial charge in [0.15, 0.2) is 0 Å². The number of unbranched alkanes of at least 4 members (excludes halogenated alkanes) is 1. The van der Waals surface area contributed by atoms with Crippen LogP contribution in [-0.2, 0) is 9.53 Å². The van der Waals surface area contributed by atoms with Crippen LogP contribution in [0.1, 0.15) is 12.8 Å². The first-order chi connectivity index (χ1) is 5.81. The quantitative estimate of drug-likeness (QED) is 0.431. The summed E-state index contributed by atoms with van der Waals surface area (Å²) in [6, 6.07) is 0. The molecule has 0 spiro atoms. The van der Waals surface area contributed by atoms with Crippen LogP contribution < -0.4 is 10.6 Å². The second-order valence-corrected chi connectivity index (χ2v) is 2.15. The van der Waals surface area contributed by atoms with E-state index in [0.29, 0.717) is 13.1 Å². The van der Waals surface area contributed by atoms with Gasteiger partial charge in [-0.1, -0.05) is 0 Å². The predicted molar refractivity (Wildman–Crippen MR) is 43.3 cm³/mol. The highest BCUT2D eigenvalue weighted by Gasteiger charge is 1.95. The zero-order chi connectivity index (χ0) is 9.23. The highest BCUT2D eigenvalue weighted by molar-refractivity contribution is 5.66. The summed E-state index contributed by atoms with van der Waals surface area (Å²) in [6.07, 6.45) is 2.77. The van der Waals surface area contributed by atoms with E-state index in [1.807, 2.05) is 0 Å². The SMILES string of the molecule is COC(=O)NCCCCN[C]=O. The fourth-order valence-corrected chi connectivity index (χ4v) is 0.652. The molecule has 5 heteroatoms. The third-order valence-electron chi connectivity index (χ3n) is 1.26. The summed E-state index contributed by atoms with van der Waals surface area (Å²) in [7, 11) is 1.32. The number of nitrogens with one attached hydrogen (secondary N) is 2. The molecule has 0 heterocycles. The maximum atomic E-state index is 10.5. The van der Waals surface area contributed by atoms with E-state index in [0.717, 1.165) is 12.8 Å². The molecule has 0 aliphatic carbocycles. The van der Waals surface area contributed by atoms with Gasteiger partial charge in [0.1, 0.15) is 0 Å². The Balaban J connectivity index is 3.00. The number of carbonyl (C=O) groups excluding carboxylic acids is 2. The standard InChI is InChI=1S/C7H13N2O3/c1-12-7(11)9-5-3-2-4-8-6-10/h2-5H2,1H3,(H,8,10)(H,9,11). The fourth-order valence-electron chi connectivity index (χ4n) is 0.652. The van der Waals surface area contributed by atoms with Crippen LogP contribution in [0.5, 0.6) is 0 Å². The number of methoxy groups -OCH3 is 1. The van der Waals surface area contributed by atoms with Crippen LogP contribution in [0.3, 0.4) is 0 Å². The largest absolute Gasteiger partial charge is 0.453 e. The molecule has 0 unspecified atom stereocenters. The number of rotatable bonds is 6. The van der Waals surface area contributed by atoms with Crippen molar-refractivity contribution in [1.82, 2.24) is 10.6 Å². The van der Waals surface area contributed by atoms with Crippen LogP contribution in [-0.4, -0.2) is 32.7 Å². The Morgan fingerprint density at radius 1 is 1.42 bits per heavy atom. The number of carbonyl (C=O) groups is 1. The Bertz CT molecular complexity index is 139. The van der Waals surface area contributed by atoms with E-state index in [2.05, 4.69) is 15.4 Å². The Morgan fingerprint density at radius 3 is 2.67 bits per heavy atom. The lowest BCUT2D eigenvalue weighted by atomic mass is 10.3. The summed E-state index contributed by atoms with van der Waals surface area (Å²) >= 11 is 0. The summed E-state index contributed by atoms with van der Waals surface area (Å²) in [5.74, 6) is 0. The van der Waals surface area contributed by atoms with Gasteiger partial charge in [-0.05, 0) is 12.8 Å². The smallest absolute Gasteiger partial charge is 0.406 e. The number of hydrogen-bond acceptors (Lipinski definition) is 3. The van der Waals surface area contributed by atoms with Gasteiger partial charge in [-0.15, -0.1) is 0 Å². The molecule has 1 radical (unpaired) electrons. The Kier molecular flexibility index (Phi) is 7.02. The Morgan fingerprint density at radius 2 is 2.08 bits per heavy atom. The second kappa shape index (κ2) is 7.84. The van der Waals surface area contributed by atoms with Crippen LogP contribution in [0.25, 0.3) is 0 Å². The lowest BCUT2D eigenvalue weighted by Crippen LogP contribution is -2.24. The molecule has 0 aromatic heterocycles. The molecule has 0 bridgehead atoms. The molecule has 12 heavy (non-hydrogen) atoms. The first-order valence-electron chi connectivity index (χ1n) is 3.73. The first kappa shape index (κ1) is 10.7. The summed E-state index contributed by atoms with van der Waals surface area (Å²) in [4.78, 5) is 20.2. The maximum Gasteiger partial charge on any atom is 0.406 e. The molecule has 0 saturated carbocycles. The van der Waals surface area contributed by atoms with Gasteiger partial charge in [-0.3, -0.25) is 4.79 Å². The summed E-state index contributed by atoms with van der Waals surface area (Å²) in [5.41, 5.74) is 0. The van der Waals surface area contributed by atoms with Crippen molar-refractivity contribution in [3.63, 3.8) is 0 Å². The third kappa shape index (κ3) is 6.85. The predicted octanol–water partition coefficient (Wildman–Crippen LogP) is -0.221. The van der Waals surface area contributed by atoms with Gasteiger partial charge in [0, 0.05) is 13.1 Å². The molecule has 0 atom stereocenters. The molecular formula is C7H13N2O3. The van der Waals surface area contributed by atoms with Crippen LogP contribution in [0.15, 0.2) is 0 Å². The highest BCUT2D eigenvalue weighted by Crippen LogP contribution is 1.84. The van der Waals surface area contributed by atoms with E-state index in [9.17, 15) is 9.59 Å². The lowest BCUT2D eigenvalue weighted by molar-refractivity contribution is 0.171. The summed E-state index contributed by atoms with van der Waals surface area (Å²) in [5, 5.41) is 4.92. The zero-order valence-electron chi connectivity index (χ0n) is 7.05. The second-order valence-electron chi connectivity index (χ2n) is 2.15. The van der Waals surface area contributed by atoms with Crippen molar-refractivity contribution < 1.29 is 14.3 Å². The number of amides is 2. The summed E-state index contributed by atoms with van der Waals surface area (Å²) < 4.78 is 4.35. The fraction of sp³-hybridized carbons (Fsp3) is 0.714. The molecule has 0 aromatic carbocycles. The van der Waals surface area contributed by atoms with Gasteiger partial charge in [-0.25, -0.2) is 4.79 Å². The Hall–Kier alpha value is -1.26. The normalized spacial score (nSPS) is 8.75. The third-order valence-corrected chi connectivity index (χ3v) is 1.26. The van der Waals surface area contributed by atoms with Crippen molar-refractivity contribution >= 4 is 12.5 Å². The van der Waals surface area contributed by atoms with Crippen molar-refractivity contribution in [2.75, 3.05) is 20.2 Å². The van der Waals surface area contributed by atoms with Crippen LogP contribution >= 0.6 is 0 Å². The van der Waals surface area contributed by atoms with Gasteiger partial charge in [-0.2, -0.15) is 0 Å². The van der Waals surface area contributed by atoms with Gasteiger partial charge in [0.05, 0.1) is 7.11 Å². The average molecular weight is 173 g/mol. The first-order valence-corrected chi connectivity index (χ1v) is 3.73. The molecule has 2 N–H and O–H groups in total. The van der Waals surface area contributed by atoms with E-state index in [-0.39, 0.29) is 0 Å². The minimum Gasteiger partial charge on any atom is -0.453 e. The van der Waals surface area contributed by atoms with Crippen molar-refractivity contribution in [3.05, 3.63) is 0 Å². The molecule has 0 fully saturated rings. The van der Waals surface area contributed by atoms with E-state index in [1.54, 1.807) is 6.41 Å². The number of alkyl carbamates (subject to hydrolysis) is 1. The van der Waals surface area contributed by atoms with E-state index in [4.69, 9.17) is 0 Å². The van der Waals surface area contributed by atoms with Crippen molar-refractivity contribution in [2.45, 2.75) is 12.8 Å². The minimum atomic E-state index is -0.426. The van der Waals surface area contributed by atoms with E-state index < -0.39 is 6.09 Å². The lowest BCUT2D eigenvalue weighted by Gasteiger charge is -2.02. The molecule has 0 aliphatic heterocycles. The molecule has 69 valence electrons. The Labute approximate surface area is 71.5 Å².